The molecule has 0 amide bonds. The van der Waals surface area contributed by atoms with Crippen LogP contribution in [-0.2, 0) is 0 Å². The summed E-state index contributed by atoms with van der Waals surface area (Å²) in [5.74, 6) is 1.43. The number of hydrogen-bond donors (Lipinski definition) is 1. The Morgan fingerprint density at radius 2 is 2.33 bits per heavy atom. The van der Waals surface area contributed by atoms with Gasteiger partial charge >= 0.3 is 0 Å². The van der Waals surface area contributed by atoms with E-state index < -0.39 is 0 Å². The molecule has 2 unspecified atom stereocenters. The van der Waals surface area contributed by atoms with E-state index in [1.165, 1.54) is 12.8 Å². The van der Waals surface area contributed by atoms with Gasteiger partial charge in [0.15, 0.2) is 5.78 Å². The minimum absolute atomic E-state index is 0.289. The van der Waals surface area contributed by atoms with Crippen molar-refractivity contribution in [2.75, 3.05) is 13.1 Å². The van der Waals surface area contributed by atoms with Gasteiger partial charge in [0.1, 0.15) is 0 Å². The number of piperidine rings is 1. The molecule has 1 aromatic rings. The number of hydrogen-bond acceptors (Lipinski definition) is 2. The Hall–Kier alpha value is -1.15. The maximum Gasteiger partial charge on any atom is 0.163 e. The first-order valence-electron chi connectivity index (χ1n) is 6.97. The van der Waals surface area contributed by atoms with Crippen molar-refractivity contribution in [1.29, 1.82) is 0 Å². The summed E-state index contributed by atoms with van der Waals surface area (Å²) in [5.41, 5.74) is 2.03. The first-order chi connectivity index (χ1) is 8.66. The molecule has 0 radical (unpaired) electrons. The Bertz CT molecular complexity index is 407. The maximum absolute atomic E-state index is 12.2. The van der Waals surface area contributed by atoms with Crippen LogP contribution in [0, 0.1) is 18.8 Å². The van der Waals surface area contributed by atoms with Crippen LogP contribution in [0.3, 0.4) is 0 Å². The number of rotatable bonds is 4. The average Bonchev–Trinajstić information content (AvgIpc) is 2.39. The van der Waals surface area contributed by atoms with Gasteiger partial charge in [-0.3, -0.25) is 4.79 Å². The van der Waals surface area contributed by atoms with Crippen molar-refractivity contribution in [3.05, 3.63) is 35.4 Å². The molecule has 1 aromatic carbocycles. The average molecular weight is 245 g/mol. The Morgan fingerprint density at radius 3 is 3.00 bits per heavy atom. The third-order valence-electron chi connectivity index (χ3n) is 3.99. The summed E-state index contributed by atoms with van der Waals surface area (Å²) in [6.07, 6.45) is 3.18. The lowest BCUT2D eigenvalue weighted by molar-refractivity contribution is 0.0943. The zero-order valence-corrected chi connectivity index (χ0v) is 11.4. The number of aryl methyl sites for hydroxylation is 1. The number of benzene rings is 1. The molecule has 2 heteroatoms. The molecule has 0 bridgehead atoms. The fourth-order valence-corrected chi connectivity index (χ4v) is 2.76. The van der Waals surface area contributed by atoms with E-state index in [0.717, 1.165) is 24.2 Å². The summed E-state index contributed by atoms with van der Waals surface area (Å²) in [6, 6.07) is 7.93. The van der Waals surface area contributed by atoms with Crippen LogP contribution in [0.5, 0.6) is 0 Å². The SMILES string of the molecule is Cc1cccc(C(=O)CC(C)C2CCCNC2)c1. The second-order valence-electron chi connectivity index (χ2n) is 5.58. The van der Waals surface area contributed by atoms with Crippen LogP contribution >= 0.6 is 0 Å². The number of carbonyl (C=O) groups is 1. The quantitative estimate of drug-likeness (QED) is 0.825. The second kappa shape index (κ2) is 6.14. The Morgan fingerprint density at radius 1 is 1.50 bits per heavy atom. The van der Waals surface area contributed by atoms with E-state index in [-0.39, 0.29) is 5.78 Å². The molecule has 2 atom stereocenters. The standard InChI is InChI=1S/C16H23NO/c1-12-5-3-6-14(9-12)16(18)10-13(2)15-7-4-8-17-11-15/h3,5-6,9,13,15,17H,4,7-8,10-11H2,1-2H3. The molecule has 18 heavy (non-hydrogen) atoms. The van der Waals surface area contributed by atoms with E-state index in [9.17, 15) is 4.79 Å². The highest BCUT2D eigenvalue weighted by atomic mass is 16.1. The smallest absolute Gasteiger partial charge is 0.163 e. The molecule has 1 aliphatic heterocycles. The van der Waals surface area contributed by atoms with Crippen molar-refractivity contribution >= 4 is 5.78 Å². The van der Waals surface area contributed by atoms with Crippen LogP contribution < -0.4 is 5.32 Å². The minimum atomic E-state index is 0.289. The van der Waals surface area contributed by atoms with Gasteiger partial charge in [0.25, 0.3) is 0 Å². The fraction of sp³-hybridized carbons (Fsp3) is 0.562. The molecule has 98 valence electrons. The number of ketones is 1. The minimum Gasteiger partial charge on any atom is -0.316 e. The van der Waals surface area contributed by atoms with Crippen LogP contribution in [0.2, 0.25) is 0 Å². The van der Waals surface area contributed by atoms with E-state index in [1.54, 1.807) is 0 Å². The van der Waals surface area contributed by atoms with E-state index in [1.807, 2.05) is 31.2 Å². The van der Waals surface area contributed by atoms with E-state index in [2.05, 4.69) is 12.2 Å². The predicted molar refractivity (Wildman–Crippen MR) is 74.9 cm³/mol. The number of Topliss-reactive ketones (excluding diaryl/α,β-unsaturated/α-hetero) is 1. The van der Waals surface area contributed by atoms with Gasteiger partial charge in [0.2, 0.25) is 0 Å². The van der Waals surface area contributed by atoms with E-state index in [4.69, 9.17) is 0 Å². The van der Waals surface area contributed by atoms with Crippen molar-refractivity contribution in [2.45, 2.75) is 33.1 Å². The zero-order valence-electron chi connectivity index (χ0n) is 11.4. The molecule has 0 aliphatic carbocycles. The lowest BCUT2D eigenvalue weighted by Crippen LogP contribution is -2.34. The molecule has 1 saturated heterocycles. The molecule has 1 heterocycles. The van der Waals surface area contributed by atoms with Crippen LogP contribution in [-0.4, -0.2) is 18.9 Å². The highest BCUT2D eigenvalue weighted by Crippen LogP contribution is 2.24. The van der Waals surface area contributed by atoms with E-state index >= 15 is 0 Å². The Balaban J connectivity index is 1.94. The van der Waals surface area contributed by atoms with Crippen molar-refractivity contribution in [3.8, 4) is 0 Å². The third kappa shape index (κ3) is 3.42. The van der Waals surface area contributed by atoms with Gasteiger partial charge in [-0.2, -0.15) is 0 Å². The highest BCUT2D eigenvalue weighted by molar-refractivity contribution is 5.96. The van der Waals surface area contributed by atoms with Crippen LogP contribution in [0.15, 0.2) is 24.3 Å². The summed E-state index contributed by atoms with van der Waals surface area (Å²) >= 11 is 0. The number of nitrogens with one attached hydrogen (secondary N) is 1. The largest absolute Gasteiger partial charge is 0.316 e. The summed E-state index contributed by atoms with van der Waals surface area (Å²) < 4.78 is 0. The molecule has 0 spiro atoms. The summed E-state index contributed by atoms with van der Waals surface area (Å²) in [5, 5.41) is 3.43. The van der Waals surface area contributed by atoms with Gasteiger partial charge in [0, 0.05) is 12.0 Å². The van der Waals surface area contributed by atoms with Crippen LogP contribution in [0.25, 0.3) is 0 Å². The molecule has 2 rings (SSSR count). The normalized spacial score (nSPS) is 21.6. The molecule has 1 fully saturated rings. The second-order valence-corrected chi connectivity index (χ2v) is 5.58. The van der Waals surface area contributed by atoms with Crippen LogP contribution in [0.1, 0.15) is 42.1 Å². The van der Waals surface area contributed by atoms with Gasteiger partial charge in [-0.05, 0) is 50.8 Å². The Labute approximate surface area is 110 Å². The molecule has 0 saturated carbocycles. The van der Waals surface area contributed by atoms with Gasteiger partial charge in [-0.1, -0.05) is 30.7 Å². The third-order valence-corrected chi connectivity index (χ3v) is 3.99. The maximum atomic E-state index is 12.2. The van der Waals surface area contributed by atoms with Gasteiger partial charge in [-0.15, -0.1) is 0 Å². The van der Waals surface area contributed by atoms with Gasteiger partial charge in [0.05, 0.1) is 0 Å². The molecular formula is C16H23NO. The molecule has 0 aromatic heterocycles. The lowest BCUT2D eigenvalue weighted by Gasteiger charge is -2.28. The monoisotopic (exact) mass is 245 g/mol. The topological polar surface area (TPSA) is 29.1 Å². The first kappa shape index (κ1) is 13.3. The molecule has 1 aliphatic rings. The number of carbonyl (C=O) groups excluding carboxylic acids is 1. The van der Waals surface area contributed by atoms with Gasteiger partial charge < -0.3 is 5.32 Å². The van der Waals surface area contributed by atoms with Crippen molar-refractivity contribution in [1.82, 2.24) is 5.32 Å². The Kier molecular flexibility index (Phi) is 4.54. The molecule has 2 nitrogen and oxygen atoms in total. The predicted octanol–water partition coefficient (Wildman–Crippen LogP) is 3.20. The first-order valence-corrected chi connectivity index (χ1v) is 6.97. The van der Waals surface area contributed by atoms with Gasteiger partial charge in [-0.25, -0.2) is 0 Å². The van der Waals surface area contributed by atoms with E-state index in [0.29, 0.717) is 18.3 Å². The van der Waals surface area contributed by atoms with Crippen molar-refractivity contribution in [3.63, 3.8) is 0 Å². The van der Waals surface area contributed by atoms with Crippen molar-refractivity contribution < 1.29 is 4.79 Å². The summed E-state index contributed by atoms with van der Waals surface area (Å²) in [7, 11) is 0. The highest BCUT2D eigenvalue weighted by Gasteiger charge is 2.22. The molecular weight excluding hydrogens is 222 g/mol. The zero-order chi connectivity index (χ0) is 13.0. The van der Waals surface area contributed by atoms with Crippen LogP contribution in [0.4, 0.5) is 0 Å². The molecule has 1 N–H and O–H groups in total. The fourth-order valence-electron chi connectivity index (χ4n) is 2.76. The van der Waals surface area contributed by atoms with Crippen molar-refractivity contribution in [2.24, 2.45) is 11.8 Å². The lowest BCUT2D eigenvalue weighted by atomic mass is 9.83. The summed E-state index contributed by atoms with van der Waals surface area (Å²) in [6.45, 7) is 6.45. The summed E-state index contributed by atoms with van der Waals surface area (Å²) in [4.78, 5) is 12.2.